The molecule has 7 heteroatoms. The molecule has 0 aromatic carbocycles. The van der Waals surface area contributed by atoms with Gasteiger partial charge in [0.2, 0.25) is 11.8 Å². The zero-order chi connectivity index (χ0) is 15.6. The van der Waals surface area contributed by atoms with Crippen molar-refractivity contribution in [2.45, 2.75) is 71.0 Å². The van der Waals surface area contributed by atoms with Gasteiger partial charge in [-0.25, -0.2) is 0 Å². The number of carbonyl (C=O) groups excluding carboxylic acids is 2. The van der Waals surface area contributed by atoms with Crippen molar-refractivity contribution < 1.29 is 18.9 Å². The number of primary amides is 1. The van der Waals surface area contributed by atoms with E-state index >= 15 is 0 Å². The molecule has 1 fully saturated rings. The van der Waals surface area contributed by atoms with Gasteiger partial charge in [-0.05, 0) is 34.1 Å². The molecule has 6 nitrogen and oxygen atoms in total. The van der Waals surface area contributed by atoms with Gasteiger partial charge in [-0.15, -0.1) is 0 Å². The van der Waals surface area contributed by atoms with Crippen LogP contribution in [0, 0.1) is 0 Å². The lowest BCUT2D eigenvalue weighted by molar-refractivity contribution is -0.122. The summed E-state index contributed by atoms with van der Waals surface area (Å²) in [5.41, 5.74) is 4.22. The van der Waals surface area contributed by atoms with Crippen molar-refractivity contribution in [1.29, 1.82) is 0 Å². The maximum atomic E-state index is 11.7. The first-order valence-corrected chi connectivity index (χ1v) is 7.02. The Balaban J connectivity index is 2.80. The van der Waals surface area contributed by atoms with Gasteiger partial charge < -0.3 is 20.4 Å². The summed E-state index contributed by atoms with van der Waals surface area (Å²) in [5.74, 6) is -1.19. The average molecular weight is 284 g/mol. The van der Waals surface area contributed by atoms with Crippen molar-refractivity contribution in [2.24, 2.45) is 5.73 Å². The van der Waals surface area contributed by atoms with Crippen LogP contribution in [0.25, 0.3) is 0 Å². The molecule has 0 aliphatic carbocycles. The van der Waals surface area contributed by atoms with Gasteiger partial charge in [0.1, 0.15) is 0 Å². The molecule has 1 heterocycles. The van der Waals surface area contributed by atoms with Crippen LogP contribution in [-0.2, 0) is 18.9 Å². The lowest BCUT2D eigenvalue weighted by Crippen LogP contribution is -2.49. The molecular formula is C13H25BN2O4. The molecule has 20 heavy (non-hydrogen) atoms. The van der Waals surface area contributed by atoms with E-state index in [1.165, 1.54) is 0 Å². The summed E-state index contributed by atoms with van der Waals surface area (Å²) in [6.45, 7) is 9.59. The van der Waals surface area contributed by atoms with Crippen molar-refractivity contribution in [2.75, 3.05) is 0 Å². The van der Waals surface area contributed by atoms with Crippen LogP contribution in [0.15, 0.2) is 0 Å². The van der Waals surface area contributed by atoms with Gasteiger partial charge >= 0.3 is 7.12 Å². The molecule has 0 unspecified atom stereocenters. The maximum absolute atomic E-state index is 11.7. The summed E-state index contributed by atoms with van der Waals surface area (Å²) in [5, 5.41) is 2.78. The summed E-state index contributed by atoms with van der Waals surface area (Å²) in [6, 6.07) is 0. The van der Waals surface area contributed by atoms with Gasteiger partial charge in [-0.2, -0.15) is 0 Å². The molecule has 0 bridgehead atoms. The smallest absolute Gasteiger partial charge is 0.402 e. The summed E-state index contributed by atoms with van der Waals surface area (Å²) in [4.78, 5) is 22.9. The van der Waals surface area contributed by atoms with Gasteiger partial charge in [0.25, 0.3) is 0 Å². The fourth-order valence-electron chi connectivity index (χ4n) is 1.99. The molecule has 0 radical (unpaired) electrons. The second-order valence-corrected chi connectivity index (χ2v) is 6.22. The monoisotopic (exact) mass is 284 g/mol. The van der Waals surface area contributed by atoms with E-state index in [1.54, 1.807) is 0 Å². The van der Waals surface area contributed by atoms with E-state index in [9.17, 15) is 9.59 Å². The van der Waals surface area contributed by atoms with Gasteiger partial charge in [-0.1, -0.05) is 6.92 Å². The third-order valence-corrected chi connectivity index (χ3v) is 3.84. The minimum absolute atomic E-state index is 0.00766. The third kappa shape index (κ3) is 3.96. The van der Waals surface area contributed by atoms with Crippen molar-refractivity contribution in [1.82, 2.24) is 5.32 Å². The number of hydrogen-bond donors (Lipinski definition) is 2. The molecule has 0 saturated carbocycles. The van der Waals surface area contributed by atoms with Crippen LogP contribution >= 0.6 is 0 Å². The Morgan fingerprint density at radius 3 is 2.10 bits per heavy atom. The van der Waals surface area contributed by atoms with E-state index in [0.717, 1.165) is 6.42 Å². The van der Waals surface area contributed by atoms with Crippen molar-refractivity contribution in [3.05, 3.63) is 0 Å². The van der Waals surface area contributed by atoms with Gasteiger partial charge in [-0.3, -0.25) is 9.59 Å². The average Bonchev–Trinajstić information content (AvgIpc) is 2.47. The molecule has 114 valence electrons. The Kier molecular flexibility index (Phi) is 5.21. The fraction of sp³-hybridized carbons (Fsp3) is 0.846. The van der Waals surface area contributed by atoms with Crippen LogP contribution in [0.4, 0.5) is 0 Å². The van der Waals surface area contributed by atoms with E-state index in [1.807, 2.05) is 34.6 Å². The largest absolute Gasteiger partial charge is 0.482 e. The number of nitrogens with two attached hydrogens (primary N) is 1. The molecule has 0 aromatic heterocycles. The quantitative estimate of drug-likeness (QED) is 0.705. The highest BCUT2D eigenvalue weighted by Gasteiger charge is 2.54. The first kappa shape index (κ1) is 17.0. The third-order valence-electron chi connectivity index (χ3n) is 3.84. The van der Waals surface area contributed by atoms with E-state index in [4.69, 9.17) is 15.0 Å². The molecule has 1 aliphatic rings. The summed E-state index contributed by atoms with van der Waals surface area (Å²) in [6.07, 6.45) is 1.12. The predicted octanol–water partition coefficient (Wildman–Crippen LogP) is 0.778. The predicted molar refractivity (Wildman–Crippen MR) is 76.7 cm³/mol. The lowest BCUT2D eigenvalue weighted by atomic mass is 9.76. The maximum Gasteiger partial charge on any atom is 0.482 e. The van der Waals surface area contributed by atoms with Crippen LogP contribution in [0.5, 0.6) is 0 Å². The molecule has 0 aromatic rings. The van der Waals surface area contributed by atoms with E-state index in [0.29, 0.717) is 6.42 Å². The van der Waals surface area contributed by atoms with E-state index in [2.05, 4.69) is 5.32 Å². The molecule has 1 rings (SSSR count). The highest BCUT2D eigenvalue weighted by molar-refractivity contribution is 6.48. The van der Waals surface area contributed by atoms with Gasteiger partial charge in [0, 0.05) is 12.8 Å². The lowest BCUT2D eigenvalue weighted by Gasteiger charge is -2.32. The first-order chi connectivity index (χ1) is 9.09. The van der Waals surface area contributed by atoms with Crippen molar-refractivity contribution in [3.8, 4) is 0 Å². The Labute approximate surface area is 120 Å². The number of nitrogens with one attached hydrogen (secondary N) is 1. The Morgan fingerprint density at radius 1 is 1.20 bits per heavy atom. The van der Waals surface area contributed by atoms with Crippen molar-refractivity contribution in [3.63, 3.8) is 0 Å². The number of carbonyl (C=O) groups is 2. The van der Waals surface area contributed by atoms with Crippen LogP contribution in [0.1, 0.15) is 53.9 Å². The normalized spacial score (nSPS) is 21.6. The Hall–Kier alpha value is -1.08. The zero-order valence-corrected chi connectivity index (χ0v) is 13.0. The molecular weight excluding hydrogens is 259 g/mol. The minimum atomic E-state index is -0.673. The highest BCUT2D eigenvalue weighted by atomic mass is 16.7. The van der Waals surface area contributed by atoms with Gasteiger partial charge in [0.05, 0.1) is 17.1 Å². The molecule has 1 saturated heterocycles. The zero-order valence-electron chi connectivity index (χ0n) is 13.0. The van der Waals surface area contributed by atoms with Crippen molar-refractivity contribution >= 4 is 18.9 Å². The molecule has 0 spiro atoms. The highest BCUT2D eigenvalue weighted by Crippen LogP contribution is 2.37. The minimum Gasteiger partial charge on any atom is -0.402 e. The van der Waals surface area contributed by atoms with Crippen LogP contribution < -0.4 is 11.1 Å². The topological polar surface area (TPSA) is 90.7 Å². The summed E-state index contributed by atoms with van der Waals surface area (Å²) in [7, 11) is -0.673. The fourth-order valence-corrected chi connectivity index (χ4v) is 1.99. The number of amides is 2. The van der Waals surface area contributed by atoms with Gasteiger partial charge in [0.15, 0.2) is 0 Å². The molecule has 1 atom stereocenters. The Bertz CT molecular complexity index is 369. The number of hydrogen-bond acceptors (Lipinski definition) is 4. The first-order valence-electron chi connectivity index (χ1n) is 7.02. The molecule has 1 aliphatic heterocycles. The SMILES string of the molecule is CCCC(=O)N[C@H](CC(N)=O)B1OC(C)(C)C(C)(C)O1. The number of rotatable bonds is 6. The van der Waals surface area contributed by atoms with Crippen LogP contribution in [0.3, 0.4) is 0 Å². The van der Waals surface area contributed by atoms with E-state index in [-0.39, 0.29) is 12.3 Å². The summed E-state index contributed by atoms with van der Waals surface area (Å²) >= 11 is 0. The van der Waals surface area contributed by atoms with E-state index < -0.39 is 30.2 Å². The van der Waals surface area contributed by atoms with Crippen LogP contribution in [0.2, 0.25) is 0 Å². The molecule has 2 amide bonds. The summed E-state index contributed by atoms with van der Waals surface area (Å²) < 4.78 is 11.7. The van der Waals surface area contributed by atoms with Crippen LogP contribution in [-0.4, -0.2) is 36.1 Å². The second kappa shape index (κ2) is 6.14. The standard InChI is InChI=1S/C13H25BN2O4/c1-6-7-11(18)16-9(8-10(15)17)14-19-12(2,3)13(4,5)20-14/h9H,6-8H2,1-5H3,(H2,15,17)(H,16,18)/t9-/m1/s1. The second-order valence-electron chi connectivity index (χ2n) is 6.22. The Morgan fingerprint density at radius 2 is 1.70 bits per heavy atom. The molecule has 3 N–H and O–H groups in total.